The number of fused-ring (bicyclic) bond motifs is 1. The van der Waals surface area contributed by atoms with Crippen molar-refractivity contribution in [3.8, 4) is 0 Å². The summed E-state index contributed by atoms with van der Waals surface area (Å²) < 4.78 is 2.16. The summed E-state index contributed by atoms with van der Waals surface area (Å²) in [7, 11) is 0. The molecule has 6 heteroatoms. The predicted octanol–water partition coefficient (Wildman–Crippen LogP) is 4.65. The van der Waals surface area contributed by atoms with E-state index < -0.39 is 5.91 Å². The lowest BCUT2D eigenvalue weighted by Crippen LogP contribution is -2.57. The van der Waals surface area contributed by atoms with Crippen molar-refractivity contribution >= 4 is 46.1 Å². The molecular formula is C26H25N3O2S. The maximum atomic E-state index is 13.4. The van der Waals surface area contributed by atoms with Crippen LogP contribution < -0.4 is 5.32 Å². The number of amides is 2. The summed E-state index contributed by atoms with van der Waals surface area (Å²) >= 11 is 5.38. The molecule has 1 aliphatic heterocycles. The van der Waals surface area contributed by atoms with Crippen LogP contribution in [0.1, 0.15) is 43.2 Å². The van der Waals surface area contributed by atoms with Gasteiger partial charge < -0.3 is 4.57 Å². The number of hydrogen-bond acceptors (Lipinski definition) is 3. The van der Waals surface area contributed by atoms with Gasteiger partial charge in [-0.05, 0) is 42.8 Å². The summed E-state index contributed by atoms with van der Waals surface area (Å²) in [5, 5.41) is 3.98. The average Bonchev–Trinajstić information content (AvgIpc) is 3.15. The normalized spacial score (nSPS) is 19.1. The Bertz CT molecular complexity index is 1220. The molecule has 1 N–H and O–H groups in total. The molecule has 2 fully saturated rings. The van der Waals surface area contributed by atoms with Gasteiger partial charge in [0.25, 0.3) is 11.8 Å². The number of aromatic nitrogens is 1. The Morgan fingerprint density at radius 1 is 0.969 bits per heavy atom. The summed E-state index contributed by atoms with van der Waals surface area (Å²) in [6.07, 6.45) is 8.92. The monoisotopic (exact) mass is 443 g/mol. The highest BCUT2D eigenvalue weighted by molar-refractivity contribution is 7.80. The molecule has 32 heavy (non-hydrogen) atoms. The molecule has 5 nitrogen and oxygen atoms in total. The SMILES string of the molecule is O=C1NC(=S)N(C2CCCCC2)C(=O)/C1=C\c1cn(Cc2ccccc2)c2ccccc12. The first-order valence-electron chi connectivity index (χ1n) is 11.1. The van der Waals surface area contributed by atoms with Crippen molar-refractivity contribution in [1.82, 2.24) is 14.8 Å². The minimum Gasteiger partial charge on any atom is -0.342 e. The van der Waals surface area contributed by atoms with Gasteiger partial charge in [0.15, 0.2) is 5.11 Å². The number of thiocarbonyl (C=S) groups is 1. The summed E-state index contributed by atoms with van der Waals surface area (Å²) in [4.78, 5) is 27.8. The Morgan fingerprint density at radius 3 is 2.47 bits per heavy atom. The second kappa shape index (κ2) is 8.71. The van der Waals surface area contributed by atoms with E-state index in [0.29, 0.717) is 6.54 Å². The molecule has 0 radical (unpaired) electrons. The molecule has 5 rings (SSSR count). The number of nitrogens with one attached hydrogen (secondary N) is 1. The van der Waals surface area contributed by atoms with Crippen molar-refractivity contribution in [3.63, 3.8) is 0 Å². The van der Waals surface area contributed by atoms with Crippen molar-refractivity contribution in [2.24, 2.45) is 0 Å². The summed E-state index contributed by atoms with van der Waals surface area (Å²) in [5.74, 6) is -0.711. The van der Waals surface area contributed by atoms with Gasteiger partial charge in [-0.2, -0.15) is 0 Å². The van der Waals surface area contributed by atoms with Crippen molar-refractivity contribution in [2.75, 3.05) is 0 Å². The van der Waals surface area contributed by atoms with Gasteiger partial charge in [0, 0.05) is 35.2 Å². The van der Waals surface area contributed by atoms with E-state index in [-0.39, 0.29) is 22.6 Å². The van der Waals surface area contributed by atoms with E-state index in [1.165, 1.54) is 12.0 Å². The van der Waals surface area contributed by atoms with Crippen LogP contribution in [0.15, 0.2) is 66.4 Å². The highest BCUT2D eigenvalue weighted by Gasteiger charge is 2.38. The first-order chi connectivity index (χ1) is 15.6. The van der Waals surface area contributed by atoms with Crippen LogP contribution in [0.2, 0.25) is 0 Å². The third-order valence-corrected chi connectivity index (χ3v) is 6.69. The zero-order chi connectivity index (χ0) is 22.1. The quantitative estimate of drug-likeness (QED) is 0.363. The van der Waals surface area contributed by atoms with Crippen LogP contribution in [0.5, 0.6) is 0 Å². The first-order valence-corrected chi connectivity index (χ1v) is 11.5. The van der Waals surface area contributed by atoms with Crippen LogP contribution >= 0.6 is 12.2 Å². The van der Waals surface area contributed by atoms with E-state index in [1.807, 2.05) is 42.6 Å². The molecular weight excluding hydrogens is 418 g/mol. The molecule has 0 spiro atoms. The van der Waals surface area contributed by atoms with E-state index in [0.717, 1.165) is 42.1 Å². The third-order valence-electron chi connectivity index (χ3n) is 6.39. The highest BCUT2D eigenvalue weighted by Crippen LogP contribution is 2.29. The Morgan fingerprint density at radius 2 is 1.69 bits per heavy atom. The number of nitrogens with zero attached hydrogens (tertiary/aromatic N) is 2. The fourth-order valence-electron chi connectivity index (χ4n) is 4.80. The number of carbonyl (C=O) groups excluding carboxylic acids is 2. The molecule has 2 heterocycles. The number of rotatable bonds is 4. The molecule has 162 valence electrons. The van der Waals surface area contributed by atoms with Gasteiger partial charge in [-0.3, -0.25) is 19.8 Å². The molecule has 3 aromatic rings. The van der Waals surface area contributed by atoms with Gasteiger partial charge in [0.1, 0.15) is 5.57 Å². The molecule has 0 bridgehead atoms. The van der Waals surface area contributed by atoms with Crippen molar-refractivity contribution in [1.29, 1.82) is 0 Å². The van der Waals surface area contributed by atoms with Gasteiger partial charge in [-0.25, -0.2) is 0 Å². The predicted molar refractivity (Wildman–Crippen MR) is 130 cm³/mol. The molecule has 0 atom stereocenters. The Kier molecular flexibility index (Phi) is 5.62. The van der Waals surface area contributed by atoms with Crippen molar-refractivity contribution < 1.29 is 9.59 Å². The number of carbonyl (C=O) groups is 2. The van der Waals surface area contributed by atoms with E-state index in [1.54, 1.807) is 11.0 Å². The fourth-order valence-corrected chi connectivity index (χ4v) is 5.12. The number of benzene rings is 2. The molecule has 1 saturated heterocycles. The third kappa shape index (κ3) is 3.86. The second-order valence-corrected chi connectivity index (χ2v) is 8.89. The molecule has 1 saturated carbocycles. The van der Waals surface area contributed by atoms with E-state index in [4.69, 9.17) is 12.2 Å². The van der Waals surface area contributed by atoms with E-state index in [9.17, 15) is 9.59 Å². The summed E-state index contributed by atoms with van der Waals surface area (Å²) in [6, 6.07) is 18.4. The summed E-state index contributed by atoms with van der Waals surface area (Å²) in [6.45, 7) is 0.711. The van der Waals surface area contributed by atoms with Crippen LogP contribution in [0.25, 0.3) is 17.0 Å². The first kappa shape index (κ1) is 20.6. The number of para-hydroxylation sites is 1. The lowest BCUT2D eigenvalue weighted by atomic mass is 9.93. The van der Waals surface area contributed by atoms with E-state index in [2.05, 4.69) is 28.1 Å². The molecule has 1 aromatic heterocycles. The van der Waals surface area contributed by atoms with Crippen LogP contribution in [-0.2, 0) is 16.1 Å². The van der Waals surface area contributed by atoms with Crippen LogP contribution in [0.3, 0.4) is 0 Å². The standard InChI is InChI=1S/C26H25N3O2S/c30-24-22(25(31)29(26(32)27-24)20-11-5-2-6-12-20)15-19-17-28(16-18-9-3-1-4-10-18)23-14-8-7-13-21(19)23/h1,3-4,7-10,13-15,17,20H,2,5-6,11-12,16H2,(H,27,30,32)/b22-15-. The molecule has 2 amide bonds. The smallest absolute Gasteiger partial charge is 0.265 e. The minimum atomic E-state index is -0.424. The zero-order valence-corrected chi connectivity index (χ0v) is 18.6. The largest absolute Gasteiger partial charge is 0.342 e. The summed E-state index contributed by atoms with van der Waals surface area (Å²) in [5.41, 5.74) is 3.25. The van der Waals surface area contributed by atoms with Gasteiger partial charge in [-0.1, -0.05) is 67.8 Å². The van der Waals surface area contributed by atoms with Gasteiger partial charge in [-0.15, -0.1) is 0 Å². The Hall–Kier alpha value is -3.25. The van der Waals surface area contributed by atoms with Crippen LogP contribution in [-0.4, -0.2) is 32.4 Å². The maximum Gasteiger partial charge on any atom is 0.265 e. The molecule has 2 aromatic carbocycles. The fraction of sp³-hybridized carbons (Fsp3) is 0.269. The Balaban J connectivity index is 1.53. The molecule has 1 aliphatic carbocycles. The van der Waals surface area contributed by atoms with Crippen LogP contribution in [0, 0.1) is 0 Å². The van der Waals surface area contributed by atoms with Gasteiger partial charge in [0.2, 0.25) is 0 Å². The van der Waals surface area contributed by atoms with Gasteiger partial charge in [0.05, 0.1) is 0 Å². The topological polar surface area (TPSA) is 54.3 Å². The lowest BCUT2D eigenvalue weighted by molar-refractivity contribution is -0.130. The van der Waals surface area contributed by atoms with Crippen molar-refractivity contribution in [3.05, 3.63) is 77.5 Å². The molecule has 0 unspecified atom stereocenters. The maximum absolute atomic E-state index is 13.4. The lowest BCUT2D eigenvalue weighted by Gasteiger charge is -2.37. The molecule has 2 aliphatic rings. The van der Waals surface area contributed by atoms with Crippen molar-refractivity contribution in [2.45, 2.75) is 44.7 Å². The van der Waals surface area contributed by atoms with E-state index >= 15 is 0 Å². The zero-order valence-electron chi connectivity index (χ0n) is 17.8. The van der Waals surface area contributed by atoms with Gasteiger partial charge >= 0.3 is 0 Å². The average molecular weight is 444 g/mol. The Labute approximate surface area is 192 Å². The number of hydrogen-bond donors (Lipinski definition) is 1. The minimum absolute atomic E-state index is 0.0622. The van der Waals surface area contributed by atoms with Crippen LogP contribution in [0.4, 0.5) is 0 Å². The highest BCUT2D eigenvalue weighted by atomic mass is 32.1. The second-order valence-electron chi connectivity index (χ2n) is 8.50.